The average Bonchev–Trinajstić information content (AvgIpc) is 3.26. The number of allylic oxidation sites excluding steroid dienone is 3. The van der Waals surface area contributed by atoms with Crippen LogP contribution in [0.5, 0.6) is 0 Å². The molecule has 1 aliphatic heterocycles. The zero-order chi connectivity index (χ0) is 25.3. The number of rotatable bonds is 6. The van der Waals surface area contributed by atoms with Crippen molar-refractivity contribution in [3.8, 4) is 5.69 Å². The Morgan fingerprint density at radius 1 is 1.08 bits per heavy atom. The zero-order valence-corrected chi connectivity index (χ0v) is 20.3. The molecule has 2 aromatic carbocycles. The number of fused-ring (bicyclic) bond motifs is 1. The molecule has 1 fully saturated rings. The maximum absolute atomic E-state index is 13.4. The molecule has 0 amide bonds. The van der Waals surface area contributed by atoms with E-state index in [9.17, 15) is 17.6 Å². The first-order chi connectivity index (χ1) is 17.3. The molecular formula is C28H30F4N4. The van der Waals surface area contributed by atoms with E-state index in [1.54, 1.807) is 23.0 Å². The van der Waals surface area contributed by atoms with Gasteiger partial charge in [0.1, 0.15) is 5.82 Å². The van der Waals surface area contributed by atoms with Gasteiger partial charge in [-0.05, 0) is 67.3 Å². The number of aryl methyl sites for hydroxylation is 1. The Morgan fingerprint density at radius 2 is 1.89 bits per heavy atom. The molecule has 8 heteroatoms. The van der Waals surface area contributed by atoms with Gasteiger partial charge in [-0.15, -0.1) is 0 Å². The molecule has 1 aromatic heterocycles. The molecule has 0 saturated carbocycles. The van der Waals surface area contributed by atoms with Crippen LogP contribution in [0.2, 0.25) is 0 Å². The summed E-state index contributed by atoms with van der Waals surface area (Å²) in [4.78, 5) is 4.35. The van der Waals surface area contributed by atoms with Crippen LogP contribution in [-0.2, 0) is 0 Å². The summed E-state index contributed by atoms with van der Waals surface area (Å²) in [5.74, 6) is -0.311. The second-order valence-electron chi connectivity index (χ2n) is 9.74. The first kappa shape index (κ1) is 24.7. The highest BCUT2D eigenvalue weighted by molar-refractivity contribution is 5.82. The summed E-state index contributed by atoms with van der Waals surface area (Å²) < 4.78 is 54.5. The van der Waals surface area contributed by atoms with Gasteiger partial charge in [-0.25, -0.2) is 9.07 Å². The van der Waals surface area contributed by atoms with Gasteiger partial charge in [0.15, 0.2) is 0 Å². The van der Waals surface area contributed by atoms with Gasteiger partial charge < -0.3 is 0 Å². The second kappa shape index (κ2) is 10.2. The number of alkyl halides is 3. The van der Waals surface area contributed by atoms with Gasteiger partial charge in [0, 0.05) is 44.2 Å². The lowest BCUT2D eigenvalue weighted by molar-refractivity contribution is -0.140. The van der Waals surface area contributed by atoms with Crippen LogP contribution < -0.4 is 0 Å². The van der Waals surface area contributed by atoms with Gasteiger partial charge in [0.05, 0.1) is 23.8 Å². The molecule has 5 rings (SSSR count). The molecule has 4 nitrogen and oxygen atoms in total. The normalized spacial score (nSPS) is 19.7. The Kier molecular flexibility index (Phi) is 6.99. The molecule has 3 aromatic rings. The number of hydrogen-bond acceptors (Lipinski definition) is 3. The van der Waals surface area contributed by atoms with E-state index in [2.05, 4.69) is 34.3 Å². The maximum Gasteiger partial charge on any atom is 0.390 e. The van der Waals surface area contributed by atoms with E-state index in [0.29, 0.717) is 13.1 Å². The SMILES string of the molecule is Cc1cc2c(cnn2-c2ccc(F)cc2)cc1C1CN(CC2=CC=CCC2)CCN1CCC(F)(F)F. The molecule has 2 heterocycles. The van der Waals surface area contributed by atoms with Crippen LogP contribution in [0, 0.1) is 12.7 Å². The molecule has 2 aliphatic rings. The number of halogens is 4. The minimum absolute atomic E-state index is 0.0141. The van der Waals surface area contributed by atoms with E-state index in [0.717, 1.165) is 53.6 Å². The van der Waals surface area contributed by atoms with Gasteiger partial charge in [0.2, 0.25) is 0 Å². The minimum Gasteiger partial charge on any atom is -0.296 e. The van der Waals surface area contributed by atoms with Crippen LogP contribution in [-0.4, -0.2) is 58.5 Å². The van der Waals surface area contributed by atoms with Crippen LogP contribution >= 0.6 is 0 Å². The Balaban J connectivity index is 1.45. The second-order valence-corrected chi connectivity index (χ2v) is 9.74. The Hall–Kier alpha value is -2.97. The van der Waals surface area contributed by atoms with Gasteiger partial charge in [-0.2, -0.15) is 18.3 Å². The van der Waals surface area contributed by atoms with Crippen molar-refractivity contribution in [3.63, 3.8) is 0 Å². The molecule has 1 unspecified atom stereocenters. The predicted octanol–water partition coefficient (Wildman–Crippen LogP) is 6.36. The summed E-state index contributed by atoms with van der Waals surface area (Å²) in [6.07, 6.45) is 5.24. The molecule has 0 bridgehead atoms. The van der Waals surface area contributed by atoms with E-state index in [1.165, 1.54) is 17.7 Å². The molecular weight excluding hydrogens is 468 g/mol. The molecule has 36 heavy (non-hydrogen) atoms. The van der Waals surface area contributed by atoms with Gasteiger partial charge in [0.25, 0.3) is 0 Å². The van der Waals surface area contributed by atoms with E-state index in [4.69, 9.17) is 0 Å². The minimum atomic E-state index is -4.18. The van der Waals surface area contributed by atoms with E-state index in [1.807, 2.05) is 17.9 Å². The average molecular weight is 499 g/mol. The van der Waals surface area contributed by atoms with Gasteiger partial charge >= 0.3 is 6.18 Å². The summed E-state index contributed by atoms with van der Waals surface area (Å²) in [6.45, 7) is 4.86. The van der Waals surface area contributed by atoms with E-state index in [-0.39, 0.29) is 18.4 Å². The summed E-state index contributed by atoms with van der Waals surface area (Å²) in [5.41, 5.74) is 5.05. The van der Waals surface area contributed by atoms with Crippen LogP contribution in [0.3, 0.4) is 0 Å². The van der Waals surface area contributed by atoms with Crippen LogP contribution in [0.15, 0.2) is 66.4 Å². The largest absolute Gasteiger partial charge is 0.390 e. The fourth-order valence-corrected chi connectivity index (χ4v) is 5.27. The molecule has 1 saturated heterocycles. The van der Waals surface area contributed by atoms with Gasteiger partial charge in [-0.1, -0.05) is 23.8 Å². The molecule has 1 atom stereocenters. The monoisotopic (exact) mass is 498 g/mol. The van der Waals surface area contributed by atoms with Crippen molar-refractivity contribution in [2.75, 3.05) is 32.7 Å². The van der Waals surface area contributed by atoms with Crippen molar-refractivity contribution in [1.29, 1.82) is 0 Å². The highest BCUT2D eigenvalue weighted by atomic mass is 19.4. The standard InChI is InChI=1S/C28H30F4N4/c1-20-15-26-22(17-33-36(26)24-9-7-23(29)8-10-24)16-25(20)27-19-34(18-21-5-3-2-4-6-21)13-14-35(27)12-11-28(30,31)32/h2-3,5,7-10,15-17,27H,4,6,11-14,18-19H2,1H3. The van der Waals surface area contributed by atoms with E-state index < -0.39 is 12.6 Å². The van der Waals surface area contributed by atoms with Crippen LogP contribution in [0.4, 0.5) is 17.6 Å². The zero-order valence-electron chi connectivity index (χ0n) is 20.3. The lowest BCUT2D eigenvalue weighted by atomic mass is 9.95. The fourth-order valence-electron chi connectivity index (χ4n) is 5.27. The van der Waals surface area contributed by atoms with Gasteiger partial charge in [-0.3, -0.25) is 9.80 Å². The van der Waals surface area contributed by atoms with Crippen molar-refractivity contribution in [2.45, 2.75) is 38.4 Å². The van der Waals surface area contributed by atoms with Crippen molar-refractivity contribution < 1.29 is 17.6 Å². The molecule has 190 valence electrons. The third-order valence-corrected chi connectivity index (χ3v) is 7.17. The molecule has 0 N–H and O–H groups in total. The van der Waals surface area contributed by atoms with Crippen LogP contribution in [0.1, 0.15) is 36.4 Å². The summed E-state index contributed by atoms with van der Waals surface area (Å²) in [7, 11) is 0. The van der Waals surface area contributed by atoms with Crippen LogP contribution in [0.25, 0.3) is 16.6 Å². The third-order valence-electron chi connectivity index (χ3n) is 7.17. The lowest BCUT2D eigenvalue weighted by Crippen LogP contribution is -2.49. The van der Waals surface area contributed by atoms with Crippen molar-refractivity contribution >= 4 is 10.9 Å². The fraction of sp³-hybridized carbons (Fsp3) is 0.393. The molecule has 0 radical (unpaired) electrons. The third kappa shape index (κ3) is 5.55. The Morgan fingerprint density at radius 3 is 2.61 bits per heavy atom. The first-order valence-electron chi connectivity index (χ1n) is 12.4. The predicted molar refractivity (Wildman–Crippen MR) is 134 cm³/mol. The number of nitrogens with zero attached hydrogens (tertiary/aromatic N) is 4. The topological polar surface area (TPSA) is 24.3 Å². The Bertz CT molecular complexity index is 1270. The number of piperazine rings is 1. The van der Waals surface area contributed by atoms with Crippen molar-refractivity contribution in [2.24, 2.45) is 0 Å². The number of benzene rings is 2. The molecule has 0 spiro atoms. The number of aromatic nitrogens is 2. The highest BCUT2D eigenvalue weighted by Crippen LogP contribution is 2.33. The summed E-state index contributed by atoms with van der Waals surface area (Å²) in [6, 6.07) is 10.1. The maximum atomic E-state index is 13.4. The quantitative estimate of drug-likeness (QED) is 0.370. The van der Waals surface area contributed by atoms with Crippen molar-refractivity contribution in [1.82, 2.24) is 19.6 Å². The first-order valence-corrected chi connectivity index (χ1v) is 12.4. The molecule has 1 aliphatic carbocycles. The lowest BCUT2D eigenvalue weighted by Gasteiger charge is -2.42. The number of hydrogen-bond donors (Lipinski definition) is 0. The summed E-state index contributed by atoms with van der Waals surface area (Å²) >= 11 is 0. The van der Waals surface area contributed by atoms with E-state index >= 15 is 0 Å². The Labute approximate surface area is 208 Å². The summed E-state index contributed by atoms with van der Waals surface area (Å²) in [5, 5.41) is 5.42. The van der Waals surface area contributed by atoms with Crippen molar-refractivity contribution in [3.05, 3.63) is 83.3 Å². The highest BCUT2D eigenvalue weighted by Gasteiger charge is 2.34. The smallest absolute Gasteiger partial charge is 0.296 e.